The molecule has 0 aliphatic rings. The molecule has 4 heteroatoms. The fourth-order valence-electron chi connectivity index (χ4n) is 1.74. The Kier molecular flexibility index (Phi) is 3.55. The van der Waals surface area contributed by atoms with Crippen LogP contribution in [0.4, 0.5) is 0 Å². The predicted octanol–water partition coefficient (Wildman–Crippen LogP) is 1.69. The Bertz CT molecular complexity index is 388. The van der Waals surface area contributed by atoms with Gasteiger partial charge in [0.1, 0.15) is 11.3 Å². The molecule has 16 heavy (non-hydrogen) atoms. The van der Waals surface area contributed by atoms with Gasteiger partial charge in [-0.05, 0) is 30.9 Å². The van der Waals surface area contributed by atoms with E-state index in [1.54, 1.807) is 24.3 Å². The Labute approximate surface area is 94.7 Å². The highest BCUT2D eigenvalue weighted by Gasteiger charge is 2.30. The zero-order valence-electron chi connectivity index (χ0n) is 9.47. The van der Waals surface area contributed by atoms with Crippen LogP contribution in [-0.4, -0.2) is 21.7 Å². The Balaban J connectivity index is 2.85. The minimum Gasteiger partial charge on any atom is -0.508 e. The molecule has 1 aromatic rings. The van der Waals surface area contributed by atoms with Crippen molar-refractivity contribution in [2.75, 3.05) is 0 Å². The summed E-state index contributed by atoms with van der Waals surface area (Å²) in [7, 11) is 0. The number of carbonyl (C=O) groups is 1. The van der Waals surface area contributed by atoms with Gasteiger partial charge >= 0.3 is 5.97 Å². The predicted molar refractivity (Wildman–Crippen MR) is 61.4 cm³/mol. The van der Waals surface area contributed by atoms with Crippen molar-refractivity contribution in [3.63, 3.8) is 0 Å². The van der Waals surface area contributed by atoms with E-state index >= 15 is 0 Å². The minimum atomic E-state index is -1.28. The second kappa shape index (κ2) is 4.53. The molecule has 0 saturated heterocycles. The van der Waals surface area contributed by atoms with Crippen LogP contribution in [0.15, 0.2) is 24.3 Å². The minimum absolute atomic E-state index is 0.104. The molecule has 0 fully saturated rings. The SMILES string of the molecule is CC(CC(C)(N)C(=O)O)c1ccccc1O. The lowest BCUT2D eigenvalue weighted by molar-refractivity contribution is -0.143. The number of phenols is 1. The van der Waals surface area contributed by atoms with Crippen LogP contribution in [0.2, 0.25) is 0 Å². The lowest BCUT2D eigenvalue weighted by Gasteiger charge is -2.24. The average molecular weight is 223 g/mol. The third-order valence-electron chi connectivity index (χ3n) is 2.69. The summed E-state index contributed by atoms with van der Waals surface area (Å²) in [4.78, 5) is 10.9. The number of benzene rings is 1. The summed E-state index contributed by atoms with van der Waals surface area (Å²) >= 11 is 0. The van der Waals surface area contributed by atoms with Crippen LogP contribution in [0.5, 0.6) is 5.75 Å². The molecule has 4 N–H and O–H groups in total. The van der Waals surface area contributed by atoms with E-state index in [1.165, 1.54) is 6.92 Å². The van der Waals surface area contributed by atoms with Gasteiger partial charge in [-0.25, -0.2) is 0 Å². The van der Waals surface area contributed by atoms with E-state index in [2.05, 4.69) is 0 Å². The first-order valence-electron chi connectivity index (χ1n) is 5.15. The maximum absolute atomic E-state index is 10.9. The highest BCUT2D eigenvalue weighted by molar-refractivity contribution is 5.77. The third kappa shape index (κ3) is 2.73. The molecule has 0 bridgehead atoms. The maximum Gasteiger partial charge on any atom is 0.323 e. The molecule has 1 rings (SSSR count). The van der Waals surface area contributed by atoms with Crippen molar-refractivity contribution < 1.29 is 15.0 Å². The van der Waals surface area contributed by atoms with Gasteiger partial charge < -0.3 is 15.9 Å². The zero-order valence-corrected chi connectivity index (χ0v) is 9.47. The normalized spacial score (nSPS) is 16.4. The van der Waals surface area contributed by atoms with Gasteiger partial charge in [0.25, 0.3) is 0 Å². The number of phenolic OH excluding ortho intramolecular Hbond substituents is 1. The first-order valence-corrected chi connectivity index (χ1v) is 5.15. The van der Waals surface area contributed by atoms with Gasteiger partial charge in [0.2, 0.25) is 0 Å². The van der Waals surface area contributed by atoms with Crippen molar-refractivity contribution in [3.05, 3.63) is 29.8 Å². The lowest BCUT2D eigenvalue weighted by Crippen LogP contribution is -2.45. The monoisotopic (exact) mass is 223 g/mol. The molecular weight excluding hydrogens is 206 g/mol. The molecular formula is C12H17NO3. The molecule has 0 amide bonds. The number of aliphatic carboxylic acids is 1. The summed E-state index contributed by atoms with van der Waals surface area (Å²) in [5, 5.41) is 18.5. The molecule has 0 aliphatic carbocycles. The number of para-hydroxylation sites is 1. The summed E-state index contributed by atoms with van der Waals surface area (Å²) in [6.07, 6.45) is 0.278. The molecule has 0 aliphatic heterocycles. The van der Waals surface area contributed by atoms with E-state index in [0.717, 1.165) is 5.56 Å². The van der Waals surface area contributed by atoms with Crippen molar-refractivity contribution in [1.82, 2.24) is 0 Å². The molecule has 0 radical (unpaired) electrons. The number of hydrogen-bond acceptors (Lipinski definition) is 3. The maximum atomic E-state index is 10.9. The second-order valence-corrected chi connectivity index (χ2v) is 4.39. The Morgan fingerprint density at radius 1 is 1.50 bits per heavy atom. The van der Waals surface area contributed by atoms with Gasteiger partial charge in [-0.15, -0.1) is 0 Å². The average Bonchev–Trinajstić information content (AvgIpc) is 2.17. The standard InChI is InChI=1S/C12H17NO3/c1-8(7-12(2,13)11(15)16)9-5-3-4-6-10(9)14/h3-6,8,14H,7,13H2,1-2H3,(H,15,16). The number of aromatic hydroxyl groups is 1. The summed E-state index contributed by atoms with van der Waals surface area (Å²) in [6.45, 7) is 3.33. The topological polar surface area (TPSA) is 83.6 Å². The van der Waals surface area contributed by atoms with Crippen molar-refractivity contribution in [2.45, 2.75) is 31.7 Å². The largest absolute Gasteiger partial charge is 0.508 e. The second-order valence-electron chi connectivity index (χ2n) is 4.39. The van der Waals surface area contributed by atoms with Gasteiger partial charge in [-0.2, -0.15) is 0 Å². The highest BCUT2D eigenvalue weighted by Crippen LogP contribution is 2.30. The number of carboxylic acids is 1. The number of carboxylic acid groups (broad SMARTS) is 1. The Hall–Kier alpha value is -1.55. The molecule has 2 unspecified atom stereocenters. The van der Waals surface area contributed by atoms with Crippen LogP contribution in [0, 0.1) is 0 Å². The first kappa shape index (κ1) is 12.5. The Morgan fingerprint density at radius 3 is 2.56 bits per heavy atom. The van der Waals surface area contributed by atoms with Crippen LogP contribution >= 0.6 is 0 Å². The van der Waals surface area contributed by atoms with Crippen LogP contribution < -0.4 is 5.73 Å². The summed E-state index contributed by atoms with van der Waals surface area (Å²) in [6, 6.07) is 6.89. The van der Waals surface area contributed by atoms with Gasteiger partial charge in [-0.3, -0.25) is 4.79 Å². The van der Waals surface area contributed by atoms with Gasteiger partial charge in [-0.1, -0.05) is 25.1 Å². The summed E-state index contributed by atoms with van der Waals surface area (Å²) in [5.74, 6) is -0.960. The van der Waals surface area contributed by atoms with Crippen molar-refractivity contribution in [3.8, 4) is 5.75 Å². The molecule has 0 spiro atoms. The van der Waals surface area contributed by atoms with Gasteiger partial charge in [0.05, 0.1) is 0 Å². The smallest absolute Gasteiger partial charge is 0.323 e. The fourth-order valence-corrected chi connectivity index (χ4v) is 1.74. The van der Waals surface area contributed by atoms with E-state index < -0.39 is 11.5 Å². The van der Waals surface area contributed by atoms with Crippen molar-refractivity contribution in [1.29, 1.82) is 0 Å². The third-order valence-corrected chi connectivity index (χ3v) is 2.69. The number of nitrogens with two attached hydrogens (primary N) is 1. The number of rotatable bonds is 4. The van der Waals surface area contributed by atoms with Crippen LogP contribution in [0.25, 0.3) is 0 Å². The quantitative estimate of drug-likeness (QED) is 0.725. The molecule has 1 aromatic carbocycles. The Morgan fingerprint density at radius 2 is 2.06 bits per heavy atom. The van der Waals surface area contributed by atoms with E-state index in [-0.39, 0.29) is 18.1 Å². The van der Waals surface area contributed by atoms with E-state index in [9.17, 15) is 9.90 Å². The van der Waals surface area contributed by atoms with Gasteiger partial charge in [0.15, 0.2) is 0 Å². The molecule has 0 heterocycles. The van der Waals surface area contributed by atoms with E-state index in [0.29, 0.717) is 0 Å². The summed E-state index contributed by atoms with van der Waals surface area (Å²) in [5.41, 5.74) is 5.11. The van der Waals surface area contributed by atoms with Crippen LogP contribution in [0.1, 0.15) is 31.7 Å². The summed E-state index contributed by atoms with van der Waals surface area (Å²) < 4.78 is 0. The molecule has 4 nitrogen and oxygen atoms in total. The molecule has 0 saturated carbocycles. The van der Waals surface area contributed by atoms with Crippen LogP contribution in [-0.2, 0) is 4.79 Å². The molecule has 88 valence electrons. The first-order chi connectivity index (χ1) is 7.34. The van der Waals surface area contributed by atoms with Crippen LogP contribution in [0.3, 0.4) is 0 Å². The number of hydrogen-bond donors (Lipinski definition) is 3. The van der Waals surface area contributed by atoms with Crippen molar-refractivity contribution in [2.24, 2.45) is 5.73 Å². The molecule has 0 aromatic heterocycles. The van der Waals surface area contributed by atoms with E-state index in [4.69, 9.17) is 10.8 Å². The zero-order chi connectivity index (χ0) is 12.3. The molecule has 2 atom stereocenters. The highest BCUT2D eigenvalue weighted by atomic mass is 16.4. The lowest BCUT2D eigenvalue weighted by atomic mass is 9.86. The van der Waals surface area contributed by atoms with Gasteiger partial charge in [0, 0.05) is 0 Å². The fraction of sp³-hybridized carbons (Fsp3) is 0.417. The van der Waals surface area contributed by atoms with Crippen molar-refractivity contribution >= 4 is 5.97 Å². The van der Waals surface area contributed by atoms with E-state index in [1.807, 2.05) is 6.92 Å².